The van der Waals surface area contributed by atoms with Gasteiger partial charge in [0.15, 0.2) is 0 Å². The van der Waals surface area contributed by atoms with Crippen molar-refractivity contribution in [2.45, 2.75) is 19.3 Å². The molecule has 0 atom stereocenters. The molecule has 272 valence electrons. The lowest BCUT2D eigenvalue weighted by Crippen LogP contribution is -2.20. The first-order valence-corrected chi connectivity index (χ1v) is 21.8. The van der Waals surface area contributed by atoms with Crippen LogP contribution in [-0.4, -0.2) is 0 Å². The molecule has 9 aromatic rings. The van der Waals surface area contributed by atoms with Crippen LogP contribution in [-0.2, 0) is 19.3 Å². The van der Waals surface area contributed by atoms with Gasteiger partial charge in [0.1, 0.15) is 0 Å². The first-order valence-electron chi connectivity index (χ1n) is 20.5. The molecule has 0 aromatic heterocycles. The monoisotopic (exact) mass is 754 g/mol. The van der Waals surface area contributed by atoms with Gasteiger partial charge in [-0.25, -0.2) is 0 Å². The Morgan fingerprint density at radius 1 is 0.224 bits per heavy atom. The van der Waals surface area contributed by atoms with Crippen molar-refractivity contribution >= 4 is 23.8 Å². The molecule has 0 nitrogen and oxygen atoms in total. The van der Waals surface area contributed by atoms with Gasteiger partial charge in [0, 0.05) is 0 Å². The van der Waals surface area contributed by atoms with Crippen LogP contribution in [0.5, 0.6) is 0 Å². The van der Waals surface area contributed by atoms with Crippen LogP contribution < -0.4 is 15.9 Å². The molecule has 0 unspecified atom stereocenters. The minimum absolute atomic E-state index is 0.819. The molecule has 0 bridgehead atoms. The van der Waals surface area contributed by atoms with Crippen molar-refractivity contribution in [3.05, 3.63) is 234 Å². The molecule has 0 saturated carbocycles. The summed E-state index contributed by atoms with van der Waals surface area (Å²) >= 11 is 0. The summed E-state index contributed by atoms with van der Waals surface area (Å²) in [6.45, 7) is 0. The van der Waals surface area contributed by atoms with E-state index in [-0.39, 0.29) is 0 Å². The van der Waals surface area contributed by atoms with Gasteiger partial charge in [0.25, 0.3) is 0 Å². The second-order valence-corrected chi connectivity index (χ2v) is 18.2. The maximum absolute atomic E-state index is 2.40. The van der Waals surface area contributed by atoms with Crippen molar-refractivity contribution in [1.82, 2.24) is 0 Å². The average Bonchev–Trinajstić information content (AvgIpc) is 3.99. The third kappa shape index (κ3) is 5.40. The second-order valence-electron chi connectivity index (χ2n) is 16.0. The van der Waals surface area contributed by atoms with E-state index in [0.29, 0.717) is 0 Å². The molecule has 0 saturated heterocycles. The van der Waals surface area contributed by atoms with E-state index in [1.807, 2.05) is 0 Å². The zero-order valence-corrected chi connectivity index (χ0v) is 33.0. The molecule has 0 spiro atoms. The van der Waals surface area contributed by atoms with Crippen LogP contribution in [0.25, 0.3) is 66.8 Å². The zero-order chi connectivity index (χ0) is 38.2. The summed E-state index contributed by atoms with van der Waals surface area (Å²) in [5.41, 5.74) is 24.7. The maximum atomic E-state index is 2.40. The fraction of sp³-hybridized carbons (Fsp3) is 0.0526. The highest BCUT2D eigenvalue weighted by Crippen LogP contribution is 2.45. The molecule has 3 aliphatic rings. The summed E-state index contributed by atoms with van der Waals surface area (Å²) in [5.74, 6) is 0. The Balaban J connectivity index is 0.922. The highest BCUT2D eigenvalue weighted by molar-refractivity contribution is 7.79. The quantitative estimate of drug-likeness (QED) is 0.148. The third-order valence-electron chi connectivity index (χ3n) is 12.9. The minimum Gasteiger partial charge on any atom is -0.0619 e. The van der Waals surface area contributed by atoms with Crippen LogP contribution in [0.1, 0.15) is 33.4 Å². The summed E-state index contributed by atoms with van der Waals surface area (Å²) in [5, 5.41) is 4.09. The van der Waals surface area contributed by atoms with Crippen molar-refractivity contribution in [2.24, 2.45) is 0 Å². The molecular formula is C57H39P. The van der Waals surface area contributed by atoms with E-state index < -0.39 is 7.92 Å². The van der Waals surface area contributed by atoms with Gasteiger partial charge in [0.2, 0.25) is 0 Å². The van der Waals surface area contributed by atoms with Crippen molar-refractivity contribution in [1.29, 1.82) is 0 Å². The van der Waals surface area contributed by atoms with Gasteiger partial charge >= 0.3 is 0 Å². The minimum atomic E-state index is -0.819. The molecular weight excluding hydrogens is 716 g/mol. The molecule has 12 rings (SSSR count). The lowest BCUT2D eigenvalue weighted by Gasteiger charge is -2.21. The SMILES string of the molecule is c1ccc2c(c1)Cc1c(-c3ccc(P(c4ccc(-c5cccc6c5Cc5ccccc5-6)cc4)c4ccc(-c5cccc6c5Cc5ccccc5-6)cc4)cc3)cccc1-2. The van der Waals surface area contributed by atoms with E-state index in [2.05, 4.69) is 200 Å². The van der Waals surface area contributed by atoms with Crippen LogP contribution in [0.3, 0.4) is 0 Å². The Morgan fingerprint density at radius 2 is 0.483 bits per heavy atom. The predicted molar refractivity (Wildman–Crippen MR) is 246 cm³/mol. The van der Waals surface area contributed by atoms with E-state index in [0.717, 1.165) is 19.3 Å². The van der Waals surface area contributed by atoms with Gasteiger partial charge in [-0.3, -0.25) is 0 Å². The van der Waals surface area contributed by atoms with Gasteiger partial charge < -0.3 is 0 Å². The van der Waals surface area contributed by atoms with Crippen LogP contribution >= 0.6 is 7.92 Å². The van der Waals surface area contributed by atoms with E-state index in [1.54, 1.807) is 0 Å². The summed E-state index contributed by atoms with van der Waals surface area (Å²) in [4.78, 5) is 0. The first-order chi connectivity index (χ1) is 28.7. The molecule has 9 aromatic carbocycles. The summed E-state index contributed by atoms with van der Waals surface area (Å²) in [7, 11) is -0.819. The van der Waals surface area contributed by atoms with Crippen LogP contribution in [0.2, 0.25) is 0 Å². The highest BCUT2D eigenvalue weighted by atomic mass is 31.1. The van der Waals surface area contributed by atoms with Crippen LogP contribution in [0, 0.1) is 0 Å². The van der Waals surface area contributed by atoms with E-state index in [9.17, 15) is 0 Å². The Kier molecular flexibility index (Phi) is 7.82. The standard InChI is InChI=1S/C57H39P/c1-4-13-49-40(10-1)34-55-46(16-7-19-52(49)55)37-22-28-43(29-23-37)58(44-30-24-38(25-31-44)47-17-8-20-53-50-14-5-2-11-41(50)35-56(47)53)45-32-26-39(27-33-45)48-18-9-21-54-51-15-6-3-12-42(51)36-57(48)54/h1-33H,34-36H2. The summed E-state index contributed by atoms with van der Waals surface area (Å²) in [6, 6.07) is 75.6. The van der Waals surface area contributed by atoms with Crippen LogP contribution in [0.15, 0.2) is 200 Å². The summed E-state index contributed by atoms with van der Waals surface area (Å²) < 4.78 is 0. The average molecular weight is 755 g/mol. The van der Waals surface area contributed by atoms with Crippen molar-refractivity contribution in [3.8, 4) is 66.8 Å². The van der Waals surface area contributed by atoms with Gasteiger partial charge in [0.05, 0.1) is 0 Å². The number of rotatable bonds is 6. The predicted octanol–water partition coefficient (Wildman–Crippen LogP) is 13.2. The lowest BCUT2D eigenvalue weighted by atomic mass is 9.96. The zero-order valence-electron chi connectivity index (χ0n) is 32.1. The largest absolute Gasteiger partial charge is 0.0619 e. The smallest absolute Gasteiger partial charge is 0.000729 e. The van der Waals surface area contributed by atoms with Crippen molar-refractivity contribution in [3.63, 3.8) is 0 Å². The number of fused-ring (bicyclic) bond motifs is 9. The third-order valence-corrected chi connectivity index (χ3v) is 15.3. The van der Waals surface area contributed by atoms with E-state index in [4.69, 9.17) is 0 Å². The first kappa shape index (κ1) is 33.5. The van der Waals surface area contributed by atoms with Crippen LogP contribution in [0.4, 0.5) is 0 Å². The Morgan fingerprint density at radius 3 is 0.793 bits per heavy atom. The molecule has 0 heterocycles. The maximum Gasteiger partial charge on any atom is -0.000729 e. The number of hydrogen-bond donors (Lipinski definition) is 0. The van der Waals surface area contributed by atoms with Gasteiger partial charge in [-0.15, -0.1) is 0 Å². The fourth-order valence-corrected chi connectivity index (χ4v) is 12.3. The van der Waals surface area contributed by atoms with Gasteiger partial charge in [-0.2, -0.15) is 0 Å². The molecule has 0 aliphatic heterocycles. The van der Waals surface area contributed by atoms with E-state index >= 15 is 0 Å². The van der Waals surface area contributed by atoms with E-state index in [1.165, 1.54) is 116 Å². The fourth-order valence-electron chi connectivity index (χ4n) is 10.1. The molecule has 3 aliphatic carbocycles. The Hall–Kier alpha value is -6.59. The van der Waals surface area contributed by atoms with Crippen molar-refractivity contribution in [2.75, 3.05) is 0 Å². The molecule has 0 N–H and O–H groups in total. The topological polar surface area (TPSA) is 0 Å². The second kappa shape index (κ2) is 13.5. The Labute approximate surface area is 341 Å². The van der Waals surface area contributed by atoms with Crippen molar-refractivity contribution < 1.29 is 0 Å². The molecule has 0 amide bonds. The Bertz CT molecular complexity index is 2720. The lowest BCUT2D eigenvalue weighted by molar-refractivity contribution is 1.26. The molecule has 58 heavy (non-hydrogen) atoms. The molecule has 0 radical (unpaired) electrons. The normalized spacial score (nSPS) is 12.8. The summed E-state index contributed by atoms with van der Waals surface area (Å²) in [6.07, 6.45) is 2.97. The molecule has 0 fully saturated rings. The highest BCUT2D eigenvalue weighted by Gasteiger charge is 2.25. The number of hydrogen-bond acceptors (Lipinski definition) is 0. The number of benzene rings is 9. The van der Waals surface area contributed by atoms with Gasteiger partial charge in [-0.1, -0.05) is 200 Å². The van der Waals surface area contributed by atoms with Gasteiger partial charge in [-0.05, 0) is 143 Å². The molecule has 1 heteroatoms.